The summed E-state index contributed by atoms with van der Waals surface area (Å²) in [6, 6.07) is 8.09. The minimum absolute atomic E-state index is 0.176. The van der Waals surface area contributed by atoms with E-state index in [-0.39, 0.29) is 17.2 Å². The quantitative estimate of drug-likeness (QED) is 0.856. The Morgan fingerprint density at radius 3 is 2.54 bits per heavy atom. The van der Waals surface area contributed by atoms with Crippen molar-refractivity contribution in [2.45, 2.75) is 38.6 Å². The Labute approximate surface area is 142 Å². The number of benzene rings is 1. The first-order valence-electron chi connectivity index (χ1n) is 8.90. The highest BCUT2D eigenvalue weighted by Gasteiger charge is 2.41. The lowest BCUT2D eigenvalue weighted by molar-refractivity contribution is -0.138. The predicted molar refractivity (Wildman–Crippen MR) is 90.5 cm³/mol. The lowest BCUT2D eigenvalue weighted by Crippen LogP contribution is -2.46. The smallest absolute Gasteiger partial charge is 0.227 e. The first-order valence-corrected chi connectivity index (χ1v) is 8.90. The molecular weight excluding hydrogens is 304 g/mol. The molecule has 0 saturated carbocycles. The molecule has 0 N–H and O–H groups in total. The van der Waals surface area contributed by atoms with E-state index in [9.17, 15) is 9.59 Å². The van der Waals surface area contributed by atoms with Crippen LogP contribution in [0, 0.1) is 5.41 Å². The Morgan fingerprint density at radius 2 is 1.88 bits per heavy atom. The van der Waals surface area contributed by atoms with Crippen LogP contribution in [0.2, 0.25) is 0 Å². The second-order valence-corrected chi connectivity index (χ2v) is 7.37. The van der Waals surface area contributed by atoms with Crippen molar-refractivity contribution in [2.75, 3.05) is 31.2 Å². The first-order chi connectivity index (χ1) is 11.7. The fourth-order valence-corrected chi connectivity index (χ4v) is 4.14. The Bertz CT molecular complexity index is 635. The van der Waals surface area contributed by atoms with Crippen molar-refractivity contribution in [3.05, 3.63) is 29.8 Å². The van der Waals surface area contributed by atoms with Gasteiger partial charge >= 0.3 is 0 Å². The van der Waals surface area contributed by atoms with Crippen molar-refractivity contribution in [3.63, 3.8) is 0 Å². The molecule has 5 nitrogen and oxygen atoms in total. The van der Waals surface area contributed by atoms with Crippen molar-refractivity contribution >= 4 is 17.5 Å². The van der Waals surface area contributed by atoms with Crippen LogP contribution in [-0.2, 0) is 20.9 Å². The second kappa shape index (κ2) is 6.20. The average Bonchev–Trinajstić information content (AvgIpc) is 3.22. The van der Waals surface area contributed by atoms with Gasteiger partial charge in [0.25, 0.3) is 0 Å². The van der Waals surface area contributed by atoms with Crippen LogP contribution >= 0.6 is 0 Å². The topological polar surface area (TPSA) is 49.9 Å². The molecular formula is C19H24N2O3. The molecule has 5 heteroatoms. The number of amides is 2. The van der Waals surface area contributed by atoms with Gasteiger partial charge in [0.15, 0.2) is 0 Å². The van der Waals surface area contributed by atoms with Gasteiger partial charge in [-0.15, -0.1) is 0 Å². The molecule has 0 aromatic heterocycles. The Balaban J connectivity index is 1.44. The van der Waals surface area contributed by atoms with E-state index in [1.807, 2.05) is 34.1 Å². The van der Waals surface area contributed by atoms with Gasteiger partial charge in [-0.05, 0) is 37.0 Å². The minimum Gasteiger partial charge on any atom is -0.381 e. The third-order valence-electron chi connectivity index (χ3n) is 5.63. The van der Waals surface area contributed by atoms with Crippen molar-refractivity contribution in [1.29, 1.82) is 0 Å². The Morgan fingerprint density at radius 1 is 1.04 bits per heavy atom. The molecule has 3 saturated heterocycles. The van der Waals surface area contributed by atoms with E-state index in [1.165, 1.54) is 0 Å². The summed E-state index contributed by atoms with van der Waals surface area (Å²) < 4.78 is 5.58. The van der Waals surface area contributed by atoms with E-state index in [2.05, 4.69) is 0 Å². The van der Waals surface area contributed by atoms with Crippen LogP contribution in [0.4, 0.5) is 5.69 Å². The van der Waals surface area contributed by atoms with Gasteiger partial charge in [0.05, 0.1) is 6.61 Å². The monoisotopic (exact) mass is 328 g/mol. The molecule has 1 aromatic rings. The Kier molecular flexibility index (Phi) is 4.04. The van der Waals surface area contributed by atoms with Gasteiger partial charge < -0.3 is 14.5 Å². The third kappa shape index (κ3) is 2.93. The molecule has 3 aliphatic rings. The summed E-state index contributed by atoms with van der Waals surface area (Å²) in [6.45, 7) is 3.87. The standard InChI is InChI=1S/C19H24N2O3/c22-17-7-8-19(9-11-24-14-19)13-20(17)12-15-3-5-16(6-4-15)21-10-1-2-18(21)23/h3-6H,1-2,7-14H2. The zero-order valence-electron chi connectivity index (χ0n) is 14.0. The molecule has 1 unspecified atom stereocenters. The number of hydrogen-bond acceptors (Lipinski definition) is 3. The molecule has 3 aliphatic heterocycles. The van der Waals surface area contributed by atoms with Crippen LogP contribution in [0.5, 0.6) is 0 Å². The van der Waals surface area contributed by atoms with Gasteiger partial charge in [-0.2, -0.15) is 0 Å². The van der Waals surface area contributed by atoms with Gasteiger partial charge in [-0.3, -0.25) is 9.59 Å². The zero-order valence-corrected chi connectivity index (χ0v) is 14.0. The maximum atomic E-state index is 12.3. The van der Waals surface area contributed by atoms with Gasteiger partial charge in [0, 0.05) is 50.2 Å². The fourth-order valence-electron chi connectivity index (χ4n) is 4.14. The molecule has 3 fully saturated rings. The van der Waals surface area contributed by atoms with E-state index >= 15 is 0 Å². The van der Waals surface area contributed by atoms with Crippen LogP contribution < -0.4 is 4.90 Å². The molecule has 128 valence electrons. The first kappa shape index (κ1) is 15.6. The molecule has 1 spiro atoms. The molecule has 1 atom stereocenters. The highest BCUT2D eigenvalue weighted by atomic mass is 16.5. The number of hydrogen-bond donors (Lipinski definition) is 0. The summed E-state index contributed by atoms with van der Waals surface area (Å²) in [6.07, 6.45) is 4.23. The zero-order chi connectivity index (χ0) is 16.6. The number of nitrogens with zero attached hydrogens (tertiary/aromatic N) is 2. The van der Waals surface area contributed by atoms with Gasteiger partial charge in [0.1, 0.15) is 0 Å². The molecule has 2 amide bonds. The van der Waals surface area contributed by atoms with Crippen LogP contribution in [0.15, 0.2) is 24.3 Å². The van der Waals surface area contributed by atoms with E-state index in [0.29, 0.717) is 19.4 Å². The number of carbonyl (C=O) groups is 2. The minimum atomic E-state index is 0.176. The van der Waals surface area contributed by atoms with Crippen molar-refractivity contribution < 1.29 is 14.3 Å². The number of carbonyl (C=O) groups excluding carboxylic acids is 2. The highest BCUT2D eigenvalue weighted by Crippen LogP contribution is 2.38. The van der Waals surface area contributed by atoms with Crippen molar-refractivity contribution in [3.8, 4) is 0 Å². The molecule has 24 heavy (non-hydrogen) atoms. The molecule has 0 bridgehead atoms. The highest BCUT2D eigenvalue weighted by molar-refractivity contribution is 5.95. The summed E-state index contributed by atoms with van der Waals surface area (Å²) >= 11 is 0. The van der Waals surface area contributed by atoms with Gasteiger partial charge in [-0.1, -0.05) is 12.1 Å². The molecule has 0 aliphatic carbocycles. The van der Waals surface area contributed by atoms with Crippen LogP contribution in [0.25, 0.3) is 0 Å². The summed E-state index contributed by atoms with van der Waals surface area (Å²) in [7, 11) is 0. The number of piperidine rings is 1. The van der Waals surface area contributed by atoms with E-state index in [1.54, 1.807) is 0 Å². The van der Waals surface area contributed by atoms with Crippen LogP contribution in [0.3, 0.4) is 0 Å². The summed E-state index contributed by atoms with van der Waals surface area (Å²) in [5, 5.41) is 0. The average molecular weight is 328 g/mol. The number of anilines is 1. The number of ether oxygens (including phenoxy) is 1. The van der Waals surface area contributed by atoms with Gasteiger partial charge in [0.2, 0.25) is 11.8 Å². The molecule has 4 rings (SSSR count). The van der Waals surface area contributed by atoms with E-state index in [0.717, 1.165) is 56.8 Å². The van der Waals surface area contributed by atoms with Crippen LogP contribution in [0.1, 0.15) is 37.7 Å². The van der Waals surface area contributed by atoms with Crippen molar-refractivity contribution in [1.82, 2.24) is 4.90 Å². The van der Waals surface area contributed by atoms with E-state index < -0.39 is 0 Å². The lowest BCUT2D eigenvalue weighted by atomic mass is 9.79. The maximum Gasteiger partial charge on any atom is 0.227 e. The molecule has 1 aromatic carbocycles. The summed E-state index contributed by atoms with van der Waals surface area (Å²) in [5.41, 5.74) is 2.26. The fraction of sp³-hybridized carbons (Fsp3) is 0.579. The van der Waals surface area contributed by atoms with Gasteiger partial charge in [-0.25, -0.2) is 0 Å². The van der Waals surface area contributed by atoms with Crippen molar-refractivity contribution in [2.24, 2.45) is 5.41 Å². The SMILES string of the molecule is O=C1CCC2(CCOC2)CN1Cc1ccc(N2CCCC2=O)cc1. The van der Waals surface area contributed by atoms with E-state index in [4.69, 9.17) is 4.74 Å². The Hall–Kier alpha value is -1.88. The lowest BCUT2D eigenvalue weighted by Gasteiger charge is -2.39. The normalized spacial score (nSPS) is 27.5. The third-order valence-corrected chi connectivity index (χ3v) is 5.63. The van der Waals surface area contributed by atoms with Crippen LogP contribution in [-0.4, -0.2) is 43.0 Å². The largest absolute Gasteiger partial charge is 0.381 e. The maximum absolute atomic E-state index is 12.3. The predicted octanol–water partition coefficient (Wildman–Crippen LogP) is 2.34. The summed E-state index contributed by atoms with van der Waals surface area (Å²) in [4.78, 5) is 27.9. The number of likely N-dealkylation sites (tertiary alicyclic amines) is 1. The molecule has 0 radical (unpaired) electrons. The molecule has 3 heterocycles. The second-order valence-electron chi connectivity index (χ2n) is 7.37. The summed E-state index contributed by atoms with van der Waals surface area (Å²) in [5.74, 6) is 0.448. The number of rotatable bonds is 3.